The fourth-order valence-electron chi connectivity index (χ4n) is 2.15. The minimum Gasteiger partial charge on any atom is -0.367 e. The monoisotopic (exact) mass is 272 g/mol. The Hall–Kier alpha value is -2.87. The van der Waals surface area contributed by atoms with Crippen LogP contribution in [0.4, 0.5) is 0 Å². The maximum Gasteiger partial charge on any atom is 0.0701 e. The van der Waals surface area contributed by atoms with Crippen LogP contribution in [0.1, 0.15) is 0 Å². The van der Waals surface area contributed by atoms with E-state index in [1.165, 1.54) is 16.5 Å². The summed E-state index contributed by atoms with van der Waals surface area (Å²) in [5, 5.41) is 1.20. The lowest BCUT2D eigenvalue weighted by atomic mass is 10.1. The van der Waals surface area contributed by atoms with E-state index < -0.39 is 0 Å². The Morgan fingerprint density at radius 1 is 0.667 bits per heavy atom. The third-order valence-corrected chi connectivity index (χ3v) is 3.22. The molecule has 4 aromatic rings. The minimum atomic E-state index is 1.06. The van der Waals surface area contributed by atoms with E-state index in [4.69, 9.17) is 0 Å². The van der Waals surface area contributed by atoms with Crippen molar-refractivity contribution >= 4 is 10.9 Å². The lowest BCUT2D eigenvalue weighted by Gasteiger charge is -1.93. The van der Waals surface area contributed by atoms with Crippen LogP contribution in [0.25, 0.3) is 22.0 Å². The second-order valence-electron chi connectivity index (χ2n) is 4.66. The van der Waals surface area contributed by atoms with Gasteiger partial charge >= 0.3 is 0 Å². The molecule has 0 atom stereocenters. The highest BCUT2D eigenvalue weighted by Crippen LogP contribution is 2.16. The largest absolute Gasteiger partial charge is 0.367 e. The summed E-state index contributed by atoms with van der Waals surface area (Å²) in [6.45, 7) is 0. The van der Waals surface area contributed by atoms with Gasteiger partial charge in [0.25, 0.3) is 0 Å². The number of rotatable bonds is 1. The number of fused-ring (bicyclic) bond motifs is 1. The van der Waals surface area contributed by atoms with Gasteiger partial charge in [0.05, 0.1) is 5.52 Å². The molecule has 0 saturated heterocycles. The summed E-state index contributed by atoms with van der Waals surface area (Å²) >= 11 is 0. The summed E-state index contributed by atoms with van der Waals surface area (Å²) in [5.74, 6) is 0. The van der Waals surface area contributed by atoms with Crippen molar-refractivity contribution in [1.82, 2.24) is 9.97 Å². The zero-order valence-corrected chi connectivity index (χ0v) is 11.6. The van der Waals surface area contributed by atoms with Crippen LogP contribution in [0.5, 0.6) is 0 Å². The van der Waals surface area contributed by atoms with E-state index in [1.54, 1.807) is 0 Å². The van der Waals surface area contributed by atoms with Gasteiger partial charge in [-0.2, -0.15) is 0 Å². The number of para-hydroxylation sites is 1. The SMILES string of the molecule is c1ccc(-c2cc[nH]c2)cc1.c1ccc2ncccc2c1. The van der Waals surface area contributed by atoms with Crippen LogP contribution in [0.15, 0.2) is 91.4 Å². The summed E-state index contributed by atoms with van der Waals surface area (Å²) in [6.07, 6.45) is 5.74. The van der Waals surface area contributed by atoms with Gasteiger partial charge < -0.3 is 4.98 Å². The Kier molecular flexibility index (Phi) is 4.08. The van der Waals surface area contributed by atoms with Crippen molar-refractivity contribution in [2.75, 3.05) is 0 Å². The van der Waals surface area contributed by atoms with Crippen LogP contribution in [-0.2, 0) is 0 Å². The maximum atomic E-state index is 4.18. The van der Waals surface area contributed by atoms with Crippen LogP contribution < -0.4 is 0 Å². The zero-order valence-electron chi connectivity index (χ0n) is 11.6. The highest BCUT2D eigenvalue weighted by atomic mass is 14.6. The van der Waals surface area contributed by atoms with Crippen LogP contribution in [-0.4, -0.2) is 9.97 Å². The lowest BCUT2D eigenvalue weighted by Crippen LogP contribution is -1.73. The predicted octanol–water partition coefficient (Wildman–Crippen LogP) is 4.92. The molecule has 2 nitrogen and oxygen atoms in total. The van der Waals surface area contributed by atoms with Crippen molar-refractivity contribution in [1.29, 1.82) is 0 Å². The molecule has 0 radical (unpaired) electrons. The van der Waals surface area contributed by atoms with E-state index >= 15 is 0 Å². The molecule has 4 rings (SSSR count). The molecule has 0 fully saturated rings. The molecule has 2 heterocycles. The van der Waals surface area contributed by atoms with Crippen LogP contribution in [0, 0.1) is 0 Å². The number of aromatic amines is 1. The van der Waals surface area contributed by atoms with Gasteiger partial charge in [0.2, 0.25) is 0 Å². The van der Waals surface area contributed by atoms with Gasteiger partial charge in [-0.1, -0.05) is 54.6 Å². The second kappa shape index (κ2) is 6.53. The standard InChI is InChI=1S/C10H9N.C9H7N/c1-2-4-9(5-3-1)10-6-7-11-8-10;1-2-6-9-8(4-1)5-3-7-10-9/h1-8,11H;1-7H. The van der Waals surface area contributed by atoms with Crippen molar-refractivity contribution in [3.05, 3.63) is 91.4 Å². The first kappa shape index (κ1) is 13.1. The average molecular weight is 272 g/mol. The smallest absolute Gasteiger partial charge is 0.0701 e. The van der Waals surface area contributed by atoms with Gasteiger partial charge in [0.15, 0.2) is 0 Å². The Balaban J connectivity index is 0.000000126. The minimum absolute atomic E-state index is 1.06. The van der Waals surface area contributed by atoms with Crippen molar-refractivity contribution in [3.8, 4) is 11.1 Å². The van der Waals surface area contributed by atoms with E-state index in [2.05, 4.69) is 40.3 Å². The molecular formula is C19H16N2. The van der Waals surface area contributed by atoms with Gasteiger partial charge in [-0.05, 0) is 29.3 Å². The highest BCUT2D eigenvalue weighted by Gasteiger charge is 1.93. The maximum absolute atomic E-state index is 4.18. The Bertz CT molecular complexity index is 725. The average Bonchev–Trinajstić information content (AvgIpc) is 3.11. The van der Waals surface area contributed by atoms with E-state index in [0.29, 0.717) is 0 Å². The molecule has 0 bridgehead atoms. The van der Waals surface area contributed by atoms with E-state index in [1.807, 2.05) is 61.1 Å². The van der Waals surface area contributed by atoms with Gasteiger partial charge in [-0.3, -0.25) is 4.98 Å². The second-order valence-corrected chi connectivity index (χ2v) is 4.66. The first-order valence-corrected chi connectivity index (χ1v) is 6.91. The van der Waals surface area contributed by atoms with E-state index in [0.717, 1.165) is 5.52 Å². The molecule has 0 spiro atoms. The lowest BCUT2D eigenvalue weighted by molar-refractivity contribution is 1.41. The van der Waals surface area contributed by atoms with Gasteiger partial charge in [0.1, 0.15) is 0 Å². The summed E-state index contributed by atoms with van der Waals surface area (Å²) < 4.78 is 0. The fourth-order valence-corrected chi connectivity index (χ4v) is 2.15. The number of aromatic nitrogens is 2. The third-order valence-electron chi connectivity index (χ3n) is 3.22. The summed E-state index contributed by atoms with van der Waals surface area (Å²) in [4.78, 5) is 7.21. The molecular weight excluding hydrogens is 256 g/mol. The zero-order chi connectivity index (χ0) is 14.3. The van der Waals surface area contributed by atoms with Crippen molar-refractivity contribution in [3.63, 3.8) is 0 Å². The van der Waals surface area contributed by atoms with Gasteiger partial charge in [-0.25, -0.2) is 0 Å². The number of hydrogen-bond donors (Lipinski definition) is 1. The molecule has 21 heavy (non-hydrogen) atoms. The van der Waals surface area contributed by atoms with Crippen LogP contribution >= 0.6 is 0 Å². The number of H-pyrrole nitrogens is 1. The highest BCUT2D eigenvalue weighted by molar-refractivity contribution is 5.77. The Labute approximate surface area is 124 Å². The molecule has 0 aliphatic rings. The molecule has 1 N–H and O–H groups in total. The predicted molar refractivity (Wildman–Crippen MR) is 88.0 cm³/mol. The van der Waals surface area contributed by atoms with Gasteiger partial charge in [0, 0.05) is 24.0 Å². The van der Waals surface area contributed by atoms with Crippen molar-refractivity contribution in [2.24, 2.45) is 0 Å². The molecule has 0 amide bonds. The molecule has 0 aliphatic heterocycles. The normalized spacial score (nSPS) is 9.90. The van der Waals surface area contributed by atoms with Gasteiger partial charge in [-0.15, -0.1) is 0 Å². The molecule has 102 valence electrons. The number of pyridine rings is 1. The van der Waals surface area contributed by atoms with Crippen molar-refractivity contribution < 1.29 is 0 Å². The van der Waals surface area contributed by atoms with E-state index in [-0.39, 0.29) is 0 Å². The summed E-state index contributed by atoms with van der Waals surface area (Å²) in [6, 6.07) is 24.5. The van der Waals surface area contributed by atoms with Crippen molar-refractivity contribution in [2.45, 2.75) is 0 Å². The number of benzene rings is 2. The Morgan fingerprint density at radius 2 is 1.43 bits per heavy atom. The summed E-state index contributed by atoms with van der Waals surface area (Å²) in [7, 11) is 0. The molecule has 2 aromatic heterocycles. The molecule has 2 heteroatoms. The fraction of sp³-hybridized carbons (Fsp3) is 0. The number of nitrogens with zero attached hydrogens (tertiary/aromatic N) is 1. The van der Waals surface area contributed by atoms with Crippen LogP contribution in [0.3, 0.4) is 0 Å². The number of hydrogen-bond acceptors (Lipinski definition) is 1. The first-order valence-electron chi connectivity index (χ1n) is 6.91. The topological polar surface area (TPSA) is 28.7 Å². The molecule has 2 aromatic carbocycles. The number of nitrogens with one attached hydrogen (secondary N) is 1. The third kappa shape index (κ3) is 3.37. The first-order chi connectivity index (χ1) is 10.4. The molecule has 0 unspecified atom stereocenters. The Morgan fingerprint density at radius 3 is 2.19 bits per heavy atom. The van der Waals surface area contributed by atoms with Crippen LogP contribution in [0.2, 0.25) is 0 Å². The summed E-state index contributed by atoms with van der Waals surface area (Å²) in [5.41, 5.74) is 3.56. The quantitative estimate of drug-likeness (QED) is 0.523. The van der Waals surface area contributed by atoms with E-state index in [9.17, 15) is 0 Å². The molecule has 0 aliphatic carbocycles. The molecule has 0 saturated carbocycles.